The van der Waals surface area contributed by atoms with Crippen molar-refractivity contribution in [3.63, 3.8) is 0 Å². The minimum absolute atomic E-state index is 0.0568. The number of hydrogen-bond donors (Lipinski definition) is 1. The van der Waals surface area contributed by atoms with Crippen molar-refractivity contribution in [3.8, 4) is 0 Å². The minimum atomic E-state index is -1.29. The van der Waals surface area contributed by atoms with Gasteiger partial charge >= 0.3 is 24.0 Å². The van der Waals surface area contributed by atoms with Gasteiger partial charge in [0, 0.05) is 0 Å². The second kappa shape index (κ2) is 12.8. The van der Waals surface area contributed by atoms with Crippen LogP contribution in [-0.4, -0.2) is 54.5 Å². The minimum Gasteiger partial charge on any atom is -0.460 e. The molecular formula is C22H35NO8. The van der Waals surface area contributed by atoms with Crippen LogP contribution in [0.15, 0.2) is 25.3 Å². The zero-order chi connectivity index (χ0) is 24.2. The molecule has 1 N–H and O–H groups in total. The Morgan fingerprint density at radius 2 is 1.23 bits per heavy atom. The van der Waals surface area contributed by atoms with E-state index in [-0.39, 0.29) is 26.1 Å². The number of esters is 3. The van der Waals surface area contributed by atoms with Gasteiger partial charge in [0.1, 0.15) is 30.5 Å². The van der Waals surface area contributed by atoms with Gasteiger partial charge in [-0.1, -0.05) is 25.3 Å². The summed E-state index contributed by atoms with van der Waals surface area (Å²) in [5.41, 5.74) is -1.65. The van der Waals surface area contributed by atoms with Crippen molar-refractivity contribution in [2.75, 3.05) is 13.2 Å². The molecule has 0 aliphatic heterocycles. The summed E-state index contributed by atoms with van der Waals surface area (Å²) in [6.45, 7) is 16.8. The van der Waals surface area contributed by atoms with Crippen molar-refractivity contribution in [2.45, 2.75) is 71.6 Å². The van der Waals surface area contributed by atoms with Crippen LogP contribution in [-0.2, 0) is 33.3 Å². The predicted molar refractivity (Wildman–Crippen MR) is 114 cm³/mol. The third-order valence-corrected chi connectivity index (χ3v) is 3.38. The van der Waals surface area contributed by atoms with Gasteiger partial charge in [0.2, 0.25) is 0 Å². The number of alkyl carbamates (subject to hydrolysis) is 1. The zero-order valence-corrected chi connectivity index (χ0v) is 19.3. The fourth-order valence-corrected chi connectivity index (χ4v) is 2.22. The van der Waals surface area contributed by atoms with Crippen LogP contribution in [0.5, 0.6) is 0 Å². The molecule has 0 aromatic heterocycles. The molecule has 0 unspecified atom stereocenters. The van der Waals surface area contributed by atoms with Crippen molar-refractivity contribution >= 4 is 24.0 Å². The lowest BCUT2D eigenvalue weighted by atomic mass is 9.99. The number of nitrogens with one attached hydrogen (secondary N) is 1. The maximum absolute atomic E-state index is 12.6. The number of ether oxygens (including phenoxy) is 4. The molecule has 0 saturated heterocycles. The molecule has 0 aliphatic carbocycles. The van der Waals surface area contributed by atoms with E-state index < -0.39 is 47.2 Å². The monoisotopic (exact) mass is 441 g/mol. The molecule has 0 rings (SSSR count). The Bertz CT molecular complexity index is 629. The number of hydrogen-bond acceptors (Lipinski definition) is 8. The van der Waals surface area contributed by atoms with Gasteiger partial charge in [0.15, 0.2) is 5.92 Å². The maximum Gasteiger partial charge on any atom is 0.408 e. The van der Waals surface area contributed by atoms with Crippen LogP contribution >= 0.6 is 0 Å². The fraction of sp³-hybridized carbons (Fsp3) is 0.636. The van der Waals surface area contributed by atoms with E-state index >= 15 is 0 Å². The molecule has 9 nitrogen and oxygen atoms in total. The summed E-state index contributed by atoms with van der Waals surface area (Å²) < 4.78 is 20.5. The quantitative estimate of drug-likeness (QED) is 0.225. The van der Waals surface area contributed by atoms with Gasteiger partial charge in [0.05, 0.1) is 0 Å². The fourth-order valence-electron chi connectivity index (χ4n) is 2.22. The first-order chi connectivity index (χ1) is 14.2. The van der Waals surface area contributed by atoms with Crippen LogP contribution in [0.25, 0.3) is 0 Å². The average Bonchev–Trinajstić information content (AvgIpc) is 2.60. The van der Waals surface area contributed by atoms with E-state index in [1.807, 2.05) is 0 Å². The molecule has 1 amide bonds. The normalized spacial score (nSPS) is 12.4. The molecule has 0 bridgehead atoms. The molecular weight excluding hydrogens is 406 g/mol. The molecule has 0 aliphatic rings. The summed E-state index contributed by atoms with van der Waals surface area (Å²) in [6, 6.07) is -1.16. The molecule has 0 aromatic carbocycles. The van der Waals surface area contributed by atoms with E-state index in [1.54, 1.807) is 41.5 Å². The summed E-state index contributed by atoms with van der Waals surface area (Å²) in [4.78, 5) is 49.5. The van der Waals surface area contributed by atoms with Crippen LogP contribution in [0.3, 0.4) is 0 Å². The SMILES string of the molecule is C=CCOC(=O)N[C@@H](CCC(C(=O)OC(C)(C)C)C(=O)OC(C)(C)C)C(=O)OCC=C. The standard InChI is InChI=1S/C22H35NO8/c1-9-13-28-19(26)16(23-20(27)29-14-10-2)12-11-15(17(24)30-21(3,4)5)18(25)31-22(6,7)8/h9-10,15-16H,1-2,11-14H2,3-8H3,(H,23,27)/t16-/m0/s1. The van der Waals surface area contributed by atoms with Crippen LogP contribution in [0.2, 0.25) is 0 Å². The molecule has 1 atom stereocenters. The van der Waals surface area contributed by atoms with Crippen LogP contribution in [0.4, 0.5) is 4.79 Å². The Balaban J connectivity index is 5.49. The first-order valence-corrected chi connectivity index (χ1v) is 9.97. The second-order valence-corrected chi connectivity index (χ2v) is 8.70. The smallest absolute Gasteiger partial charge is 0.408 e. The van der Waals surface area contributed by atoms with Gasteiger partial charge < -0.3 is 24.3 Å². The largest absolute Gasteiger partial charge is 0.460 e. The Hall–Kier alpha value is -2.84. The maximum atomic E-state index is 12.6. The molecule has 31 heavy (non-hydrogen) atoms. The molecule has 9 heteroatoms. The number of rotatable bonds is 11. The third kappa shape index (κ3) is 13.1. The lowest BCUT2D eigenvalue weighted by Gasteiger charge is -2.27. The Morgan fingerprint density at radius 1 is 0.774 bits per heavy atom. The summed E-state index contributed by atoms with van der Waals surface area (Å²) in [6.07, 6.45) is 1.65. The topological polar surface area (TPSA) is 117 Å². The molecule has 0 saturated carbocycles. The third-order valence-electron chi connectivity index (χ3n) is 3.38. The number of amides is 1. The number of carbonyl (C=O) groups excluding carboxylic acids is 4. The molecule has 0 spiro atoms. The Labute approximate surface area is 184 Å². The van der Waals surface area contributed by atoms with E-state index in [9.17, 15) is 19.2 Å². The predicted octanol–water partition coefficient (Wildman–Crippen LogP) is 3.08. The summed E-state index contributed by atoms with van der Waals surface area (Å²) >= 11 is 0. The van der Waals surface area contributed by atoms with Crippen LogP contribution in [0.1, 0.15) is 54.4 Å². The van der Waals surface area contributed by atoms with E-state index in [0.717, 1.165) is 0 Å². The summed E-state index contributed by atoms with van der Waals surface area (Å²) in [5.74, 6) is -3.62. The first kappa shape index (κ1) is 28.2. The summed E-state index contributed by atoms with van der Waals surface area (Å²) in [5, 5.41) is 2.37. The van der Waals surface area contributed by atoms with E-state index in [2.05, 4.69) is 18.5 Å². The number of carbonyl (C=O) groups is 4. The highest BCUT2D eigenvalue weighted by Gasteiger charge is 2.36. The van der Waals surface area contributed by atoms with Gasteiger partial charge in [-0.25, -0.2) is 9.59 Å². The highest BCUT2D eigenvalue weighted by Crippen LogP contribution is 2.21. The molecule has 0 aromatic rings. The highest BCUT2D eigenvalue weighted by molar-refractivity contribution is 5.95. The second-order valence-electron chi connectivity index (χ2n) is 8.70. The van der Waals surface area contributed by atoms with Crippen molar-refractivity contribution in [3.05, 3.63) is 25.3 Å². The molecule has 0 fully saturated rings. The summed E-state index contributed by atoms with van der Waals surface area (Å²) in [7, 11) is 0. The van der Waals surface area contributed by atoms with Gasteiger partial charge in [-0.3, -0.25) is 9.59 Å². The first-order valence-electron chi connectivity index (χ1n) is 9.97. The van der Waals surface area contributed by atoms with Gasteiger partial charge in [0.25, 0.3) is 0 Å². The molecule has 0 radical (unpaired) electrons. The van der Waals surface area contributed by atoms with Crippen LogP contribution in [0, 0.1) is 5.92 Å². The van der Waals surface area contributed by atoms with Crippen molar-refractivity contribution in [2.24, 2.45) is 5.92 Å². The molecule has 0 heterocycles. The van der Waals surface area contributed by atoms with E-state index in [0.29, 0.717) is 0 Å². The van der Waals surface area contributed by atoms with Crippen molar-refractivity contribution in [1.29, 1.82) is 0 Å². The van der Waals surface area contributed by atoms with Gasteiger partial charge in [-0.2, -0.15) is 0 Å². The van der Waals surface area contributed by atoms with Crippen LogP contribution < -0.4 is 5.32 Å². The average molecular weight is 442 g/mol. The Morgan fingerprint density at radius 3 is 1.65 bits per heavy atom. The van der Waals surface area contributed by atoms with E-state index in [4.69, 9.17) is 18.9 Å². The lowest BCUT2D eigenvalue weighted by molar-refractivity contribution is -0.175. The zero-order valence-electron chi connectivity index (χ0n) is 19.3. The highest BCUT2D eigenvalue weighted by atomic mass is 16.6. The van der Waals surface area contributed by atoms with Gasteiger partial charge in [-0.05, 0) is 54.4 Å². The Kier molecular flexibility index (Phi) is 11.6. The van der Waals surface area contributed by atoms with Crippen molar-refractivity contribution in [1.82, 2.24) is 5.32 Å². The molecule has 176 valence electrons. The van der Waals surface area contributed by atoms with Gasteiger partial charge in [-0.15, -0.1) is 0 Å². The van der Waals surface area contributed by atoms with Crippen molar-refractivity contribution < 1.29 is 38.1 Å². The lowest BCUT2D eigenvalue weighted by Crippen LogP contribution is -2.43. The van der Waals surface area contributed by atoms with E-state index in [1.165, 1.54) is 12.2 Å².